The summed E-state index contributed by atoms with van der Waals surface area (Å²) in [4.78, 5) is 0. The molecule has 116 valence electrons. The lowest BCUT2D eigenvalue weighted by molar-refractivity contribution is 0.166. The van der Waals surface area contributed by atoms with Crippen molar-refractivity contribution >= 4 is 8.56 Å². The lowest BCUT2D eigenvalue weighted by Gasteiger charge is -2.28. The first-order chi connectivity index (χ1) is 9.24. The normalized spacial score (nSPS) is 12.0. The second kappa shape index (κ2) is 13.1. The average molecular weight is 289 g/mol. The quantitative estimate of drug-likeness (QED) is 0.303. The van der Waals surface area contributed by atoms with Crippen molar-refractivity contribution in [1.82, 2.24) is 0 Å². The van der Waals surface area contributed by atoms with Gasteiger partial charge in [0.25, 0.3) is 0 Å². The first-order valence-corrected chi connectivity index (χ1v) is 10.8. The average Bonchev–Trinajstić information content (AvgIpc) is 2.45. The molecule has 0 heterocycles. The maximum atomic E-state index is 6.17. The lowest BCUT2D eigenvalue weighted by Crippen LogP contribution is -2.41. The summed E-state index contributed by atoms with van der Waals surface area (Å²) >= 11 is 0. The first-order valence-electron chi connectivity index (χ1n) is 8.52. The van der Waals surface area contributed by atoms with Crippen molar-refractivity contribution in [2.24, 2.45) is 0 Å². The van der Waals surface area contributed by atoms with Gasteiger partial charge in [-0.1, -0.05) is 66.2 Å². The van der Waals surface area contributed by atoms with Crippen LogP contribution in [-0.2, 0) is 8.85 Å². The number of hydrogen-bond donors (Lipinski definition) is 0. The van der Waals surface area contributed by atoms with Crippen molar-refractivity contribution in [1.29, 1.82) is 0 Å². The fourth-order valence-corrected chi connectivity index (χ4v) is 4.80. The van der Waals surface area contributed by atoms with Gasteiger partial charge in [-0.25, -0.2) is 0 Å². The van der Waals surface area contributed by atoms with E-state index in [4.69, 9.17) is 8.85 Å². The molecule has 0 fully saturated rings. The highest BCUT2D eigenvalue weighted by Gasteiger charge is 2.32. The summed E-state index contributed by atoms with van der Waals surface area (Å²) in [5.74, 6) is 0. The molecule has 0 aliphatic heterocycles. The predicted octanol–water partition coefficient (Wildman–Crippen LogP) is 5.66. The van der Waals surface area contributed by atoms with E-state index in [0.29, 0.717) is 0 Å². The lowest BCUT2D eigenvalue weighted by atomic mass is 10.1. The standard InChI is InChI=1S/C16H36O2Si/c1-5-9-10-11-12-13-14-16-18-19(7-3,8-4)17-15-6-2/h5-16H2,1-4H3. The molecule has 19 heavy (non-hydrogen) atoms. The molecule has 0 unspecified atom stereocenters. The van der Waals surface area contributed by atoms with E-state index in [-0.39, 0.29) is 0 Å². The highest BCUT2D eigenvalue weighted by molar-refractivity contribution is 6.67. The Morgan fingerprint density at radius 1 is 0.579 bits per heavy atom. The molecule has 2 nitrogen and oxygen atoms in total. The molecule has 0 atom stereocenters. The highest BCUT2D eigenvalue weighted by Crippen LogP contribution is 2.19. The van der Waals surface area contributed by atoms with Crippen LogP contribution in [0.1, 0.15) is 79.1 Å². The third kappa shape index (κ3) is 9.64. The Kier molecular flexibility index (Phi) is 13.2. The smallest absolute Gasteiger partial charge is 0.337 e. The number of hydrogen-bond acceptors (Lipinski definition) is 2. The predicted molar refractivity (Wildman–Crippen MR) is 86.9 cm³/mol. The van der Waals surface area contributed by atoms with Crippen LogP contribution < -0.4 is 0 Å². The summed E-state index contributed by atoms with van der Waals surface area (Å²) in [5.41, 5.74) is 0. The molecule has 0 saturated carbocycles. The Hall–Kier alpha value is 0.137. The Labute approximate surface area is 122 Å². The van der Waals surface area contributed by atoms with E-state index in [2.05, 4.69) is 27.7 Å². The van der Waals surface area contributed by atoms with Crippen molar-refractivity contribution < 1.29 is 8.85 Å². The molecule has 0 spiro atoms. The monoisotopic (exact) mass is 288 g/mol. The molecule has 0 aromatic carbocycles. The minimum atomic E-state index is -1.85. The maximum absolute atomic E-state index is 6.17. The fraction of sp³-hybridized carbons (Fsp3) is 1.00. The molecular weight excluding hydrogens is 252 g/mol. The van der Waals surface area contributed by atoms with Crippen molar-refractivity contribution in [3.63, 3.8) is 0 Å². The Balaban J connectivity index is 3.63. The third-order valence-corrected chi connectivity index (χ3v) is 7.37. The molecule has 0 rings (SSSR count). The van der Waals surface area contributed by atoms with E-state index in [0.717, 1.165) is 31.7 Å². The van der Waals surface area contributed by atoms with E-state index >= 15 is 0 Å². The van der Waals surface area contributed by atoms with E-state index < -0.39 is 8.56 Å². The summed E-state index contributed by atoms with van der Waals surface area (Å²) in [6.07, 6.45) is 10.5. The molecule has 0 aromatic heterocycles. The van der Waals surface area contributed by atoms with Gasteiger partial charge in [0, 0.05) is 13.2 Å². The van der Waals surface area contributed by atoms with Crippen molar-refractivity contribution in [3.8, 4) is 0 Å². The van der Waals surface area contributed by atoms with Crippen LogP contribution in [0, 0.1) is 0 Å². The van der Waals surface area contributed by atoms with Crippen molar-refractivity contribution in [3.05, 3.63) is 0 Å². The second-order valence-corrected chi connectivity index (χ2v) is 9.25. The van der Waals surface area contributed by atoms with Crippen molar-refractivity contribution in [2.75, 3.05) is 13.2 Å². The van der Waals surface area contributed by atoms with Crippen LogP contribution >= 0.6 is 0 Å². The van der Waals surface area contributed by atoms with Crippen LogP contribution in [0.2, 0.25) is 12.1 Å². The van der Waals surface area contributed by atoms with Gasteiger partial charge < -0.3 is 8.85 Å². The number of rotatable bonds is 14. The van der Waals surface area contributed by atoms with Crippen LogP contribution in [-0.4, -0.2) is 21.8 Å². The van der Waals surface area contributed by atoms with Crippen molar-refractivity contribution in [2.45, 2.75) is 91.1 Å². The minimum Gasteiger partial charge on any atom is -0.394 e. The topological polar surface area (TPSA) is 18.5 Å². The van der Waals surface area contributed by atoms with Crippen LogP contribution in [0.15, 0.2) is 0 Å². The molecule has 0 radical (unpaired) electrons. The van der Waals surface area contributed by atoms with E-state index in [1.807, 2.05) is 0 Å². The molecule has 3 heteroatoms. The Morgan fingerprint density at radius 2 is 1.11 bits per heavy atom. The summed E-state index contributed by atoms with van der Waals surface area (Å²) in [6, 6.07) is 2.17. The highest BCUT2D eigenvalue weighted by atomic mass is 28.4. The zero-order valence-electron chi connectivity index (χ0n) is 13.8. The van der Waals surface area contributed by atoms with Gasteiger partial charge in [-0.3, -0.25) is 0 Å². The van der Waals surface area contributed by atoms with Gasteiger partial charge in [0.1, 0.15) is 0 Å². The molecule has 0 aliphatic rings. The zero-order valence-corrected chi connectivity index (χ0v) is 14.8. The van der Waals surface area contributed by atoms with Crippen LogP contribution in [0.5, 0.6) is 0 Å². The molecule has 0 N–H and O–H groups in total. The van der Waals surface area contributed by atoms with Crippen LogP contribution in [0.4, 0.5) is 0 Å². The summed E-state index contributed by atoms with van der Waals surface area (Å²) in [5, 5.41) is 0. The SMILES string of the molecule is CCCCCCCCCO[Si](CC)(CC)OCCC. The van der Waals surface area contributed by atoms with E-state index in [1.165, 1.54) is 44.9 Å². The molecule has 0 aromatic rings. The molecule has 0 bridgehead atoms. The minimum absolute atomic E-state index is 0.866. The van der Waals surface area contributed by atoms with Gasteiger partial charge in [-0.05, 0) is 24.9 Å². The number of unbranched alkanes of at least 4 members (excludes halogenated alkanes) is 6. The van der Waals surface area contributed by atoms with Crippen LogP contribution in [0.25, 0.3) is 0 Å². The zero-order chi connectivity index (χ0) is 14.4. The van der Waals surface area contributed by atoms with Gasteiger partial charge in [0.2, 0.25) is 0 Å². The summed E-state index contributed by atoms with van der Waals surface area (Å²) in [7, 11) is -1.85. The second-order valence-electron chi connectivity index (χ2n) is 5.44. The van der Waals surface area contributed by atoms with Gasteiger partial charge in [0.15, 0.2) is 0 Å². The summed E-state index contributed by atoms with van der Waals surface area (Å²) < 4.78 is 12.2. The largest absolute Gasteiger partial charge is 0.394 e. The maximum Gasteiger partial charge on any atom is 0.337 e. The van der Waals surface area contributed by atoms with Gasteiger partial charge in [0.05, 0.1) is 0 Å². The fourth-order valence-electron chi connectivity index (χ4n) is 2.31. The summed E-state index contributed by atoms with van der Waals surface area (Å²) in [6.45, 7) is 10.6. The molecule has 0 amide bonds. The Bertz CT molecular complexity index is 182. The van der Waals surface area contributed by atoms with E-state index in [9.17, 15) is 0 Å². The van der Waals surface area contributed by atoms with Gasteiger partial charge in [-0.2, -0.15) is 0 Å². The first kappa shape index (κ1) is 19.1. The molecule has 0 saturated heterocycles. The van der Waals surface area contributed by atoms with Gasteiger partial charge in [-0.15, -0.1) is 0 Å². The molecule has 0 aliphatic carbocycles. The Morgan fingerprint density at radius 3 is 1.63 bits per heavy atom. The van der Waals surface area contributed by atoms with Gasteiger partial charge >= 0.3 is 8.56 Å². The van der Waals surface area contributed by atoms with Crippen LogP contribution in [0.3, 0.4) is 0 Å². The third-order valence-electron chi connectivity index (χ3n) is 3.76. The molecular formula is C16H36O2Si. The van der Waals surface area contributed by atoms with E-state index in [1.54, 1.807) is 0 Å².